The lowest BCUT2D eigenvalue weighted by molar-refractivity contribution is 0.249. The molecule has 1 aliphatic heterocycles. The Morgan fingerprint density at radius 3 is 2.58 bits per heavy atom. The first kappa shape index (κ1) is 21.0. The van der Waals surface area contributed by atoms with Crippen molar-refractivity contribution in [3.8, 4) is 23.1 Å². The number of anilines is 1. The van der Waals surface area contributed by atoms with Crippen molar-refractivity contribution in [1.29, 1.82) is 5.26 Å². The molecule has 4 aromatic heterocycles. The molecule has 1 fully saturated rings. The summed E-state index contributed by atoms with van der Waals surface area (Å²) in [5.74, 6) is 1.61. The van der Waals surface area contributed by atoms with Crippen LogP contribution in [0.25, 0.3) is 16.6 Å². The summed E-state index contributed by atoms with van der Waals surface area (Å²) in [6.07, 6.45) is 7.32. The monoisotopic (exact) mass is 437 g/mol. The molecule has 8 nitrogen and oxygen atoms in total. The summed E-state index contributed by atoms with van der Waals surface area (Å²) < 4.78 is 6.91. The second kappa shape index (κ2) is 8.92. The summed E-state index contributed by atoms with van der Waals surface area (Å²) >= 11 is 0. The first-order valence-corrected chi connectivity index (χ1v) is 11.0. The number of ether oxygens (including phenoxy) is 1. The smallest absolute Gasteiger partial charge is 0.212 e. The van der Waals surface area contributed by atoms with Gasteiger partial charge >= 0.3 is 0 Å². The van der Waals surface area contributed by atoms with Gasteiger partial charge in [0.1, 0.15) is 19.7 Å². The number of nitrogens with zero attached hydrogens (tertiary/aromatic N) is 7. The minimum Gasteiger partial charge on any atom is -0.481 e. The van der Waals surface area contributed by atoms with E-state index in [0.717, 1.165) is 60.6 Å². The van der Waals surface area contributed by atoms with Gasteiger partial charge in [0, 0.05) is 68.5 Å². The Morgan fingerprint density at radius 1 is 1.06 bits per heavy atom. The Balaban J connectivity index is 1.28. The SMILES string of the molecule is Bc1cc(-c2ccc(N3CCN(Cc4ccc(OC)nc4)CC3)nc2)c2c(C#N)cnn2c1. The number of hydrogen-bond acceptors (Lipinski definition) is 7. The second-order valence-corrected chi connectivity index (χ2v) is 8.27. The standard InChI is InChI=1S/C24H24BN7O/c1-33-23-5-2-17(12-28-23)15-30-6-8-31(9-7-30)22-4-3-18(13-27-22)21-10-20(25)16-32-24(21)19(11-26)14-29-32/h2-5,10,12-14,16H,6-9,15,25H2,1H3. The van der Waals surface area contributed by atoms with Crippen molar-refractivity contribution in [3.05, 3.63) is 66.2 Å². The molecule has 0 N–H and O–H groups in total. The minimum absolute atomic E-state index is 0.567. The third kappa shape index (κ3) is 4.25. The number of rotatable bonds is 5. The summed E-state index contributed by atoms with van der Waals surface area (Å²) in [5.41, 5.74) is 5.61. The van der Waals surface area contributed by atoms with Gasteiger partial charge in [0.05, 0.1) is 24.4 Å². The first-order valence-electron chi connectivity index (χ1n) is 11.0. The average Bonchev–Trinajstić information content (AvgIpc) is 3.27. The summed E-state index contributed by atoms with van der Waals surface area (Å²) in [5, 5.41) is 13.8. The Labute approximate surface area is 193 Å². The molecule has 0 amide bonds. The molecular formula is C24H24BN7O. The van der Waals surface area contributed by atoms with Crippen LogP contribution in [0.15, 0.2) is 55.1 Å². The average molecular weight is 437 g/mol. The van der Waals surface area contributed by atoms with Gasteiger partial charge in [-0.05, 0) is 17.7 Å². The third-order valence-corrected chi connectivity index (χ3v) is 6.04. The highest BCUT2D eigenvalue weighted by Crippen LogP contribution is 2.27. The highest BCUT2D eigenvalue weighted by Gasteiger charge is 2.19. The van der Waals surface area contributed by atoms with Crippen molar-refractivity contribution in [2.24, 2.45) is 0 Å². The van der Waals surface area contributed by atoms with Crippen LogP contribution < -0.4 is 15.1 Å². The van der Waals surface area contributed by atoms with Gasteiger partial charge < -0.3 is 9.64 Å². The summed E-state index contributed by atoms with van der Waals surface area (Å²) in [7, 11) is 3.66. The molecule has 0 aliphatic carbocycles. The fourth-order valence-electron chi connectivity index (χ4n) is 4.31. The summed E-state index contributed by atoms with van der Waals surface area (Å²) in [6.45, 7) is 4.66. The zero-order valence-electron chi connectivity index (χ0n) is 18.8. The molecule has 164 valence electrons. The number of piperazine rings is 1. The molecule has 1 aliphatic rings. The Hall–Kier alpha value is -3.90. The van der Waals surface area contributed by atoms with E-state index in [0.29, 0.717) is 11.4 Å². The quantitative estimate of drug-likeness (QED) is 0.435. The molecule has 0 radical (unpaired) electrons. The van der Waals surface area contributed by atoms with Crippen molar-refractivity contribution in [3.63, 3.8) is 0 Å². The van der Waals surface area contributed by atoms with Crippen LogP contribution in [0.3, 0.4) is 0 Å². The fourth-order valence-corrected chi connectivity index (χ4v) is 4.31. The zero-order valence-corrected chi connectivity index (χ0v) is 18.8. The van der Waals surface area contributed by atoms with Gasteiger partial charge in [-0.2, -0.15) is 10.4 Å². The van der Waals surface area contributed by atoms with Gasteiger partial charge in [-0.3, -0.25) is 4.90 Å². The Morgan fingerprint density at radius 2 is 1.91 bits per heavy atom. The van der Waals surface area contributed by atoms with Crippen LogP contribution >= 0.6 is 0 Å². The maximum Gasteiger partial charge on any atom is 0.212 e. The summed E-state index contributed by atoms with van der Waals surface area (Å²) in [6, 6.07) is 12.5. The van der Waals surface area contributed by atoms with Crippen molar-refractivity contribution in [2.45, 2.75) is 6.54 Å². The molecule has 5 heterocycles. The maximum atomic E-state index is 9.48. The van der Waals surface area contributed by atoms with Crippen molar-refractivity contribution in [2.75, 3.05) is 38.2 Å². The molecule has 9 heteroatoms. The van der Waals surface area contributed by atoms with E-state index in [1.54, 1.807) is 17.8 Å². The molecule has 0 atom stereocenters. The molecule has 0 spiro atoms. The number of pyridine rings is 3. The van der Waals surface area contributed by atoms with E-state index in [1.807, 2.05) is 32.5 Å². The normalized spacial score (nSPS) is 14.4. The molecule has 0 saturated carbocycles. The van der Waals surface area contributed by atoms with Crippen LogP contribution in [-0.2, 0) is 6.54 Å². The van der Waals surface area contributed by atoms with Gasteiger partial charge in [0.2, 0.25) is 5.88 Å². The van der Waals surface area contributed by atoms with E-state index < -0.39 is 0 Å². The van der Waals surface area contributed by atoms with E-state index in [2.05, 4.69) is 50.2 Å². The number of aromatic nitrogens is 4. The molecule has 5 rings (SSSR count). The fraction of sp³-hybridized carbons (Fsp3) is 0.250. The van der Waals surface area contributed by atoms with Gasteiger partial charge in [0.15, 0.2) is 0 Å². The molecule has 1 saturated heterocycles. The number of hydrogen-bond donors (Lipinski definition) is 0. The minimum atomic E-state index is 0.567. The zero-order chi connectivity index (χ0) is 22.8. The van der Waals surface area contributed by atoms with Crippen LogP contribution in [0.2, 0.25) is 0 Å². The topological polar surface area (TPSA) is 82.6 Å². The molecule has 4 aromatic rings. The molecule has 33 heavy (non-hydrogen) atoms. The van der Waals surface area contributed by atoms with Crippen molar-refractivity contribution >= 4 is 24.6 Å². The molecule has 0 unspecified atom stereocenters. The molecule has 0 aromatic carbocycles. The number of nitriles is 1. The van der Waals surface area contributed by atoms with E-state index in [9.17, 15) is 5.26 Å². The van der Waals surface area contributed by atoms with Gasteiger partial charge in [0.25, 0.3) is 0 Å². The predicted octanol–water partition coefficient (Wildman–Crippen LogP) is 1.25. The van der Waals surface area contributed by atoms with E-state index in [-0.39, 0.29) is 0 Å². The van der Waals surface area contributed by atoms with Crippen LogP contribution in [-0.4, -0.2) is 65.6 Å². The van der Waals surface area contributed by atoms with Gasteiger partial charge in [-0.15, -0.1) is 0 Å². The van der Waals surface area contributed by atoms with Gasteiger partial charge in [-0.25, -0.2) is 14.5 Å². The maximum absolute atomic E-state index is 9.48. The van der Waals surface area contributed by atoms with Crippen LogP contribution in [0, 0.1) is 11.3 Å². The van der Waals surface area contributed by atoms with Crippen molar-refractivity contribution in [1.82, 2.24) is 24.5 Å². The van der Waals surface area contributed by atoms with Crippen LogP contribution in [0.5, 0.6) is 5.88 Å². The summed E-state index contributed by atoms with van der Waals surface area (Å²) in [4.78, 5) is 13.8. The van der Waals surface area contributed by atoms with Crippen LogP contribution in [0.1, 0.15) is 11.1 Å². The van der Waals surface area contributed by atoms with E-state index >= 15 is 0 Å². The van der Waals surface area contributed by atoms with E-state index in [4.69, 9.17) is 9.72 Å². The second-order valence-electron chi connectivity index (χ2n) is 8.27. The van der Waals surface area contributed by atoms with Crippen LogP contribution in [0.4, 0.5) is 5.82 Å². The largest absolute Gasteiger partial charge is 0.481 e. The number of fused-ring (bicyclic) bond motifs is 1. The molecular weight excluding hydrogens is 413 g/mol. The van der Waals surface area contributed by atoms with Crippen molar-refractivity contribution < 1.29 is 4.74 Å². The molecule has 0 bridgehead atoms. The lowest BCUT2D eigenvalue weighted by Gasteiger charge is -2.35. The highest BCUT2D eigenvalue weighted by molar-refractivity contribution is 6.32. The predicted molar refractivity (Wildman–Crippen MR) is 130 cm³/mol. The Kier molecular flexibility index (Phi) is 5.67. The van der Waals surface area contributed by atoms with E-state index in [1.165, 1.54) is 5.56 Å². The highest BCUT2D eigenvalue weighted by atomic mass is 16.5. The first-order chi connectivity index (χ1) is 16.1. The lowest BCUT2D eigenvalue weighted by Crippen LogP contribution is -2.46. The lowest BCUT2D eigenvalue weighted by atomic mass is 9.94. The van der Waals surface area contributed by atoms with Gasteiger partial charge in [-0.1, -0.05) is 17.6 Å². The number of methoxy groups -OCH3 is 1. The Bertz CT molecular complexity index is 1300. The third-order valence-electron chi connectivity index (χ3n) is 6.04.